The molecule has 0 heterocycles. The van der Waals surface area contributed by atoms with E-state index in [9.17, 15) is 13.6 Å². The Morgan fingerprint density at radius 2 is 2.05 bits per heavy atom. The smallest absolute Gasteiger partial charge is 0.257 e. The number of nitrogens with one attached hydrogen (secondary N) is 2. The Balaban J connectivity index is 2.59. The first-order chi connectivity index (χ1) is 10.1. The first-order valence-corrected chi connectivity index (χ1v) is 6.53. The van der Waals surface area contributed by atoms with Gasteiger partial charge in [0.25, 0.3) is 5.91 Å². The number of hydrogen-bond donors (Lipinski definition) is 2. The van der Waals surface area contributed by atoms with Gasteiger partial charge in [-0.05, 0) is 24.2 Å². The summed E-state index contributed by atoms with van der Waals surface area (Å²) in [6.07, 6.45) is 0.160. The van der Waals surface area contributed by atoms with Gasteiger partial charge in [-0.15, -0.1) is 0 Å². The van der Waals surface area contributed by atoms with Crippen LogP contribution in [0.15, 0.2) is 12.1 Å². The van der Waals surface area contributed by atoms with Gasteiger partial charge in [0.1, 0.15) is 0 Å². The number of nitriles is 1. The Bertz CT molecular complexity index is 506. The third-order valence-electron chi connectivity index (χ3n) is 2.54. The monoisotopic (exact) mass is 297 g/mol. The zero-order valence-corrected chi connectivity index (χ0v) is 11.7. The fourth-order valence-corrected chi connectivity index (χ4v) is 1.57. The molecule has 0 spiro atoms. The van der Waals surface area contributed by atoms with E-state index < -0.39 is 29.9 Å². The van der Waals surface area contributed by atoms with E-state index in [4.69, 9.17) is 10.00 Å². The molecule has 0 saturated carbocycles. The molecule has 0 unspecified atom stereocenters. The van der Waals surface area contributed by atoms with Crippen molar-refractivity contribution in [3.63, 3.8) is 0 Å². The molecule has 0 aliphatic rings. The molecule has 0 aromatic heterocycles. The maximum absolute atomic E-state index is 13.7. The van der Waals surface area contributed by atoms with Crippen LogP contribution in [-0.2, 0) is 11.3 Å². The molecule has 0 atom stereocenters. The number of hydrogen-bond acceptors (Lipinski definition) is 4. The summed E-state index contributed by atoms with van der Waals surface area (Å²) in [5, 5.41) is 13.7. The molecule has 1 rings (SSSR count). The van der Waals surface area contributed by atoms with Crippen molar-refractivity contribution < 1.29 is 18.3 Å². The molecule has 0 radical (unpaired) electrons. The molecule has 21 heavy (non-hydrogen) atoms. The summed E-state index contributed by atoms with van der Waals surface area (Å²) in [5.41, 5.74) is 0.456. The first-order valence-electron chi connectivity index (χ1n) is 6.53. The summed E-state index contributed by atoms with van der Waals surface area (Å²) >= 11 is 0. The molecule has 1 aromatic rings. The van der Waals surface area contributed by atoms with Crippen LogP contribution >= 0.6 is 0 Å². The van der Waals surface area contributed by atoms with Gasteiger partial charge >= 0.3 is 0 Å². The zero-order chi connectivity index (χ0) is 15.7. The lowest BCUT2D eigenvalue weighted by Gasteiger charge is -2.10. The van der Waals surface area contributed by atoms with Crippen LogP contribution in [0.4, 0.5) is 8.78 Å². The number of rotatable bonds is 8. The number of carbonyl (C=O) groups excluding carboxylic acids is 1. The van der Waals surface area contributed by atoms with Crippen molar-refractivity contribution in [2.75, 3.05) is 19.7 Å². The van der Waals surface area contributed by atoms with Crippen molar-refractivity contribution in [3.05, 3.63) is 29.3 Å². The predicted molar refractivity (Wildman–Crippen MR) is 72.5 cm³/mol. The van der Waals surface area contributed by atoms with Crippen molar-refractivity contribution in [2.45, 2.75) is 19.9 Å². The first kappa shape index (κ1) is 16.9. The molecule has 2 N–H and O–H groups in total. The Kier molecular flexibility index (Phi) is 7.12. The van der Waals surface area contributed by atoms with Crippen LogP contribution in [0.3, 0.4) is 0 Å². The lowest BCUT2D eigenvalue weighted by molar-refractivity contribution is -0.123. The molecule has 0 aliphatic heterocycles. The average Bonchev–Trinajstić information content (AvgIpc) is 2.44. The number of carbonyl (C=O) groups is 1. The normalized spacial score (nSPS) is 10.0. The molecule has 5 nitrogen and oxygen atoms in total. The molecular formula is C14H17F2N3O2. The molecule has 1 aromatic carbocycles. The van der Waals surface area contributed by atoms with Gasteiger partial charge in [0.05, 0.1) is 12.5 Å². The van der Waals surface area contributed by atoms with Gasteiger partial charge in [0.15, 0.2) is 24.0 Å². The Labute approximate surface area is 121 Å². The van der Waals surface area contributed by atoms with Crippen LogP contribution in [0, 0.1) is 23.0 Å². The van der Waals surface area contributed by atoms with Crippen molar-refractivity contribution in [3.8, 4) is 11.8 Å². The minimum absolute atomic E-state index is 0.160. The lowest BCUT2D eigenvalue weighted by atomic mass is 10.2. The molecule has 0 aliphatic carbocycles. The van der Waals surface area contributed by atoms with Gasteiger partial charge < -0.3 is 15.4 Å². The van der Waals surface area contributed by atoms with Crippen molar-refractivity contribution >= 4 is 5.91 Å². The van der Waals surface area contributed by atoms with Crippen molar-refractivity contribution in [1.82, 2.24) is 10.6 Å². The van der Waals surface area contributed by atoms with Crippen LogP contribution in [-0.4, -0.2) is 25.6 Å². The second-order valence-corrected chi connectivity index (χ2v) is 4.22. The molecule has 1 amide bonds. The quantitative estimate of drug-likeness (QED) is 0.713. The average molecular weight is 297 g/mol. The highest BCUT2D eigenvalue weighted by Gasteiger charge is 2.14. The second kappa shape index (κ2) is 8.87. The summed E-state index contributed by atoms with van der Waals surface area (Å²) < 4.78 is 32.3. The van der Waals surface area contributed by atoms with Gasteiger partial charge in [0, 0.05) is 13.1 Å². The summed E-state index contributed by atoms with van der Waals surface area (Å²) in [5.74, 6) is -2.83. The van der Waals surface area contributed by atoms with E-state index in [1.807, 2.05) is 13.0 Å². The van der Waals surface area contributed by atoms with Crippen LogP contribution in [0.25, 0.3) is 0 Å². The van der Waals surface area contributed by atoms with Crippen LogP contribution in [0.5, 0.6) is 5.75 Å². The molecule has 7 heteroatoms. The van der Waals surface area contributed by atoms with Gasteiger partial charge in [-0.2, -0.15) is 5.26 Å². The minimum Gasteiger partial charge on any atom is -0.478 e. The van der Waals surface area contributed by atoms with E-state index in [-0.39, 0.29) is 13.0 Å². The van der Waals surface area contributed by atoms with Crippen LogP contribution < -0.4 is 15.4 Å². The standard InChI is InChI=1S/C14H17F2N3O2/c1-2-18-8-10-6-11(15)14(12(16)7-10)21-9-13(20)19-5-3-4-17/h6-7,18H,2-3,5,8-9H2,1H3,(H,19,20). The van der Waals surface area contributed by atoms with Gasteiger partial charge in [-0.1, -0.05) is 6.92 Å². The largest absolute Gasteiger partial charge is 0.478 e. The number of nitrogens with zero attached hydrogens (tertiary/aromatic N) is 1. The maximum Gasteiger partial charge on any atom is 0.257 e. The Morgan fingerprint density at radius 3 is 2.62 bits per heavy atom. The highest BCUT2D eigenvalue weighted by molar-refractivity contribution is 5.77. The Hall–Kier alpha value is -2.20. The number of benzene rings is 1. The third-order valence-corrected chi connectivity index (χ3v) is 2.54. The SMILES string of the molecule is CCNCc1cc(F)c(OCC(=O)NCCC#N)c(F)c1. The van der Waals surface area contributed by atoms with E-state index >= 15 is 0 Å². The van der Waals surface area contributed by atoms with E-state index in [2.05, 4.69) is 10.6 Å². The van der Waals surface area contributed by atoms with Crippen molar-refractivity contribution in [2.24, 2.45) is 0 Å². The predicted octanol–water partition coefficient (Wildman–Crippen LogP) is 1.48. The summed E-state index contributed by atoms with van der Waals surface area (Å²) in [7, 11) is 0. The minimum atomic E-state index is -0.854. The molecule has 0 saturated heterocycles. The van der Waals surface area contributed by atoms with Gasteiger partial charge in [0.2, 0.25) is 0 Å². The fourth-order valence-electron chi connectivity index (χ4n) is 1.57. The van der Waals surface area contributed by atoms with E-state index in [0.29, 0.717) is 18.7 Å². The summed E-state index contributed by atoms with van der Waals surface area (Å²) in [6, 6.07) is 4.18. The zero-order valence-electron chi connectivity index (χ0n) is 11.7. The van der Waals surface area contributed by atoms with E-state index in [1.165, 1.54) is 0 Å². The van der Waals surface area contributed by atoms with E-state index in [0.717, 1.165) is 12.1 Å². The summed E-state index contributed by atoms with van der Waals surface area (Å²) in [4.78, 5) is 11.3. The van der Waals surface area contributed by atoms with Gasteiger partial charge in [-0.3, -0.25) is 4.79 Å². The number of halogens is 2. The molecular weight excluding hydrogens is 280 g/mol. The Morgan fingerprint density at radius 1 is 1.38 bits per heavy atom. The third kappa shape index (κ3) is 5.75. The van der Waals surface area contributed by atoms with Gasteiger partial charge in [-0.25, -0.2) is 8.78 Å². The molecule has 114 valence electrons. The maximum atomic E-state index is 13.7. The lowest BCUT2D eigenvalue weighted by Crippen LogP contribution is -2.29. The van der Waals surface area contributed by atoms with Crippen LogP contribution in [0.1, 0.15) is 18.9 Å². The van der Waals surface area contributed by atoms with E-state index in [1.54, 1.807) is 0 Å². The molecule has 0 bridgehead atoms. The number of amides is 1. The second-order valence-electron chi connectivity index (χ2n) is 4.22. The highest BCUT2D eigenvalue weighted by atomic mass is 19.1. The number of ether oxygens (including phenoxy) is 1. The summed E-state index contributed by atoms with van der Waals surface area (Å²) in [6.45, 7) is 2.58. The highest BCUT2D eigenvalue weighted by Crippen LogP contribution is 2.23. The topological polar surface area (TPSA) is 74.2 Å². The molecule has 0 fully saturated rings. The van der Waals surface area contributed by atoms with Crippen molar-refractivity contribution in [1.29, 1.82) is 5.26 Å². The van der Waals surface area contributed by atoms with Crippen LogP contribution in [0.2, 0.25) is 0 Å². The fraction of sp³-hybridized carbons (Fsp3) is 0.429.